The van der Waals surface area contributed by atoms with Gasteiger partial charge in [-0.3, -0.25) is 0 Å². The highest BCUT2D eigenvalue weighted by Gasteiger charge is 2.21. The van der Waals surface area contributed by atoms with Gasteiger partial charge in [-0.2, -0.15) is 0 Å². The van der Waals surface area contributed by atoms with Crippen LogP contribution in [0.5, 0.6) is 5.75 Å². The van der Waals surface area contributed by atoms with Gasteiger partial charge in [0.1, 0.15) is 23.1 Å². The summed E-state index contributed by atoms with van der Waals surface area (Å²) in [5, 5.41) is 0. The number of unbranched alkanes of at least 4 members (excludes halogenated alkanes) is 1. The number of benzene rings is 2. The third-order valence-electron chi connectivity index (χ3n) is 4.56. The minimum Gasteiger partial charge on any atom is -0.497 e. The lowest BCUT2D eigenvalue weighted by Crippen LogP contribution is -2.26. The predicted octanol–water partition coefficient (Wildman–Crippen LogP) is 6.33. The second-order valence-corrected chi connectivity index (χ2v) is 6.30. The summed E-state index contributed by atoms with van der Waals surface area (Å²) in [6.07, 6.45) is 4.24. The van der Waals surface area contributed by atoms with Crippen molar-refractivity contribution in [3.63, 3.8) is 0 Å². The molecule has 25 heavy (non-hydrogen) atoms. The molecule has 0 spiro atoms. The Morgan fingerprint density at radius 3 is 2.32 bits per heavy atom. The first kappa shape index (κ1) is 19.2. The van der Waals surface area contributed by atoms with E-state index in [0.29, 0.717) is 18.2 Å². The van der Waals surface area contributed by atoms with Crippen LogP contribution in [0.1, 0.15) is 39.5 Å². The van der Waals surface area contributed by atoms with Crippen LogP contribution in [0.15, 0.2) is 42.5 Å². The van der Waals surface area contributed by atoms with Crippen LogP contribution >= 0.6 is 0 Å². The fourth-order valence-corrected chi connectivity index (χ4v) is 3.03. The van der Waals surface area contributed by atoms with Crippen molar-refractivity contribution in [3.05, 3.63) is 54.1 Å². The summed E-state index contributed by atoms with van der Waals surface area (Å²) < 4.78 is 34.2. The van der Waals surface area contributed by atoms with Crippen LogP contribution in [0.3, 0.4) is 0 Å². The Bertz CT molecular complexity index is 654. The number of hydrogen-bond acceptors (Lipinski definition) is 2. The summed E-state index contributed by atoms with van der Waals surface area (Å²) in [7, 11) is 1.59. The molecule has 136 valence electrons. The van der Waals surface area contributed by atoms with Gasteiger partial charge in [0.25, 0.3) is 0 Å². The first-order chi connectivity index (χ1) is 12.1. The molecule has 0 amide bonds. The van der Waals surface area contributed by atoms with E-state index in [0.717, 1.165) is 31.4 Å². The summed E-state index contributed by atoms with van der Waals surface area (Å²) in [6, 6.07) is 11.4. The maximum atomic E-state index is 14.5. The number of rotatable bonds is 9. The highest BCUT2D eigenvalue weighted by atomic mass is 19.1. The highest BCUT2D eigenvalue weighted by Crippen LogP contribution is 2.34. The largest absolute Gasteiger partial charge is 0.497 e. The maximum Gasteiger partial charge on any atom is 0.149 e. The molecule has 0 saturated heterocycles. The quantitative estimate of drug-likeness (QED) is 0.526. The van der Waals surface area contributed by atoms with E-state index in [4.69, 9.17) is 4.74 Å². The lowest BCUT2D eigenvalue weighted by Gasteiger charge is -2.30. The Hall–Kier alpha value is -2.10. The Balaban J connectivity index is 2.43. The SMILES string of the molecule is CCCCC(CC)CN(c1cccc(OC)c1)c1c(F)cccc1F. The Kier molecular flexibility index (Phi) is 7.23. The van der Waals surface area contributed by atoms with Crippen molar-refractivity contribution in [2.24, 2.45) is 5.92 Å². The topological polar surface area (TPSA) is 12.5 Å². The van der Waals surface area contributed by atoms with Crippen LogP contribution in [0.2, 0.25) is 0 Å². The molecule has 0 saturated carbocycles. The summed E-state index contributed by atoms with van der Waals surface area (Å²) in [5.74, 6) is -0.0626. The van der Waals surface area contributed by atoms with Gasteiger partial charge in [-0.25, -0.2) is 8.78 Å². The van der Waals surface area contributed by atoms with Crippen LogP contribution < -0.4 is 9.64 Å². The average molecular weight is 347 g/mol. The normalized spacial score (nSPS) is 12.0. The van der Waals surface area contributed by atoms with Crippen molar-refractivity contribution >= 4 is 11.4 Å². The number of methoxy groups -OCH3 is 1. The van der Waals surface area contributed by atoms with Gasteiger partial charge in [-0.15, -0.1) is 0 Å². The van der Waals surface area contributed by atoms with E-state index in [2.05, 4.69) is 13.8 Å². The van der Waals surface area contributed by atoms with Crippen LogP contribution in [0, 0.1) is 17.6 Å². The smallest absolute Gasteiger partial charge is 0.149 e. The van der Waals surface area contributed by atoms with Crippen LogP contribution in [0.4, 0.5) is 20.2 Å². The molecule has 2 aromatic carbocycles. The molecular formula is C21H27F2NO. The molecule has 2 nitrogen and oxygen atoms in total. The lowest BCUT2D eigenvalue weighted by molar-refractivity contribution is 0.414. The monoisotopic (exact) mass is 347 g/mol. The number of para-hydroxylation sites is 1. The molecule has 0 aromatic heterocycles. The van der Waals surface area contributed by atoms with E-state index in [1.807, 2.05) is 24.3 Å². The number of hydrogen-bond donors (Lipinski definition) is 0. The van der Waals surface area contributed by atoms with E-state index < -0.39 is 11.6 Å². The number of nitrogens with zero attached hydrogens (tertiary/aromatic N) is 1. The van der Waals surface area contributed by atoms with Crippen LogP contribution in [0.25, 0.3) is 0 Å². The number of anilines is 2. The molecule has 0 N–H and O–H groups in total. The molecule has 0 aliphatic rings. The van der Waals surface area contributed by atoms with Crippen molar-refractivity contribution in [1.82, 2.24) is 0 Å². The maximum absolute atomic E-state index is 14.5. The van der Waals surface area contributed by atoms with Crippen molar-refractivity contribution in [1.29, 1.82) is 0 Å². The van der Waals surface area contributed by atoms with E-state index in [1.165, 1.54) is 18.2 Å². The molecule has 2 aromatic rings. The van der Waals surface area contributed by atoms with Crippen molar-refractivity contribution in [3.8, 4) is 5.75 Å². The second kappa shape index (κ2) is 9.40. The first-order valence-electron chi connectivity index (χ1n) is 8.96. The van der Waals surface area contributed by atoms with E-state index >= 15 is 0 Å². The molecule has 1 atom stereocenters. The fourth-order valence-electron chi connectivity index (χ4n) is 3.03. The summed E-state index contributed by atoms with van der Waals surface area (Å²) in [5.41, 5.74) is 0.740. The van der Waals surface area contributed by atoms with Gasteiger partial charge < -0.3 is 9.64 Å². The minimum absolute atomic E-state index is 0.00528. The van der Waals surface area contributed by atoms with Crippen molar-refractivity contribution < 1.29 is 13.5 Å². The molecule has 0 fully saturated rings. The molecule has 0 heterocycles. The Morgan fingerprint density at radius 2 is 1.72 bits per heavy atom. The van der Waals surface area contributed by atoms with Crippen LogP contribution in [-0.4, -0.2) is 13.7 Å². The molecule has 0 aliphatic carbocycles. The molecule has 1 unspecified atom stereocenters. The van der Waals surface area contributed by atoms with Gasteiger partial charge in [0, 0.05) is 18.3 Å². The van der Waals surface area contributed by atoms with Gasteiger partial charge in [-0.05, 0) is 36.6 Å². The summed E-state index contributed by atoms with van der Waals surface area (Å²) in [6.45, 7) is 4.85. The third kappa shape index (κ3) is 4.94. The van der Waals surface area contributed by atoms with E-state index in [1.54, 1.807) is 12.0 Å². The van der Waals surface area contributed by atoms with Crippen molar-refractivity contribution in [2.75, 3.05) is 18.6 Å². The lowest BCUT2D eigenvalue weighted by atomic mass is 9.98. The van der Waals surface area contributed by atoms with Gasteiger partial charge in [0.05, 0.1) is 7.11 Å². The zero-order chi connectivity index (χ0) is 18.2. The Labute approximate surface area is 149 Å². The zero-order valence-electron chi connectivity index (χ0n) is 15.3. The standard InChI is InChI=1S/C21H27F2NO/c1-4-6-9-16(5-2)15-24(17-10-7-11-18(14-17)25-3)21-19(22)12-8-13-20(21)23/h7-8,10-14,16H,4-6,9,15H2,1-3H3. The third-order valence-corrected chi connectivity index (χ3v) is 4.56. The van der Waals surface area contributed by atoms with Gasteiger partial charge in [0.15, 0.2) is 0 Å². The van der Waals surface area contributed by atoms with Gasteiger partial charge >= 0.3 is 0 Å². The van der Waals surface area contributed by atoms with Gasteiger partial charge in [0.2, 0.25) is 0 Å². The average Bonchev–Trinajstić information content (AvgIpc) is 2.63. The molecule has 0 bridgehead atoms. The predicted molar refractivity (Wildman–Crippen MR) is 99.7 cm³/mol. The molecule has 4 heteroatoms. The second-order valence-electron chi connectivity index (χ2n) is 6.30. The van der Waals surface area contributed by atoms with E-state index in [9.17, 15) is 8.78 Å². The minimum atomic E-state index is -0.548. The molecule has 2 rings (SSSR count). The molecule has 0 aliphatic heterocycles. The van der Waals surface area contributed by atoms with Gasteiger partial charge in [-0.1, -0.05) is 45.2 Å². The highest BCUT2D eigenvalue weighted by molar-refractivity contribution is 5.65. The molecular weight excluding hydrogens is 320 g/mol. The first-order valence-corrected chi connectivity index (χ1v) is 8.96. The summed E-state index contributed by atoms with van der Waals surface area (Å²) >= 11 is 0. The van der Waals surface area contributed by atoms with Crippen LogP contribution in [-0.2, 0) is 0 Å². The zero-order valence-corrected chi connectivity index (χ0v) is 15.3. The number of ether oxygens (including phenoxy) is 1. The molecule has 0 radical (unpaired) electrons. The Morgan fingerprint density at radius 1 is 1.04 bits per heavy atom. The summed E-state index contributed by atoms with van der Waals surface area (Å²) in [4.78, 5) is 1.75. The fraction of sp³-hybridized carbons (Fsp3) is 0.429. The number of halogens is 2. The van der Waals surface area contributed by atoms with E-state index in [-0.39, 0.29) is 5.69 Å². The van der Waals surface area contributed by atoms with Crippen molar-refractivity contribution in [2.45, 2.75) is 39.5 Å².